The molecule has 0 amide bonds. The third-order valence-corrected chi connectivity index (χ3v) is 2.28. The standard InChI is InChI=1S/C7H9ClO4S/c1-11-4-6-2-3-7(12-6)5-13(8,9)10/h2-3H,4-5H2,1H3. The molecule has 0 fully saturated rings. The molecule has 0 aliphatic rings. The third-order valence-electron chi connectivity index (χ3n) is 1.32. The molecule has 1 rings (SSSR count). The van der Waals surface area contributed by atoms with Gasteiger partial charge in [-0.15, -0.1) is 0 Å². The molecule has 4 nitrogen and oxygen atoms in total. The summed E-state index contributed by atoms with van der Waals surface area (Å²) in [6, 6.07) is 3.22. The minimum atomic E-state index is -3.54. The fourth-order valence-electron chi connectivity index (χ4n) is 0.890. The molecule has 0 atom stereocenters. The second-order valence-corrected chi connectivity index (χ2v) is 5.26. The van der Waals surface area contributed by atoms with Gasteiger partial charge in [-0.05, 0) is 12.1 Å². The molecule has 1 aromatic heterocycles. The Hall–Kier alpha value is -0.520. The molecule has 74 valence electrons. The van der Waals surface area contributed by atoms with Crippen molar-refractivity contribution >= 4 is 19.7 Å². The lowest BCUT2D eigenvalue weighted by Crippen LogP contribution is -1.92. The molecule has 0 saturated heterocycles. The van der Waals surface area contributed by atoms with E-state index >= 15 is 0 Å². The van der Waals surface area contributed by atoms with Crippen molar-refractivity contribution in [2.45, 2.75) is 12.4 Å². The smallest absolute Gasteiger partial charge is 0.239 e. The predicted molar refractivity (Wildman–Crippen MR) is 47.9 cm³/mol. The Kier molecular flexibility index (Phi) is 3.35. The van der Waals surface area contributed by atoms with Crippen molar-refractivity contribution in [3.05, 3.63) is 23.7 Å². The number of hydrogen-bond acceptors (Lipinski definition) is 4. The number of methoxy groups -OCH3 is 1. The van der Waals surface area contributed by atoms with Gasteiger partial charge in [0.2, 0.25) is 9.05 Å². The highest BCUT2D eigenvalue weighted by atomic mass is 35.7. The summed E-state index contributed by atoms with van der Waals surface area (Å²) < 4.78 is 31.2. The number of ether oxygens (including phenoxy) is 1. The Bertz CT molecular complexity index is 368. The first-order valence-corrected chi connectivity index (χ1v) is 5.98. The van der Waals surface area contributed by atoms with E-state index in [9.17, 15) is 8.42 Å². The summed E-state index contributed by atoms with van der Waals surface area (Å²) in [5.74, 6) is 0.609. The van der Waals surface area contributed by atoms with Gasteiger partial charge in [-0.3, -0.25) is 0 Å². The van der Waals surface area contributed by atoms with E-state index < -0.39 is 9.05 Å². The Labute approximate surface area is 80.9 Å². The monoisotopic (exact) mass is 224 g/mol. The van der Waals surface area contributed by atoms with Gasteiger partial charge in [-0.2, -0.15) is 0 Å². The zero-order valence-electron chi connectivity index (χ0n) is 6.99. The Morgan fingerprint density at radius 3 is 2.62 bits per heavy atom. The van der Waals surface area contributed by atoms with Crippen LogP contribution in [0.3, 0.4) is 0 Å². The van der Waals surface area contributed by atoms with Crippen molar-refractivity contribution < 1.29 is 17.6 Å². The van der Waals surface area contributed by atoms with Crippen molar-refractivity contribution in [3.63, 3.8) is 0 Å². The largest absolute Gasteiger partial charge is 0.462 e. The van der Waals surface area contributed by atoms with Crippen LogP contribution in [-0.4, -0.2) is 15.5 Å². The number of furan rings is 1. The van der Waals surface area contributed by atoms with Gasteiger partial charge >= 0.3 is 0 Å². The molecule has 0 spiro atoms. The molecular weight excluding hydrogens is 216 g/mol. The van der Waals surface area contributed by atoms with Crippen LogP contribution in [0.4, 0.5) is 0 Å². The molecule has 0 N–H and O–H groups in total. The Morgan fingerprint density at radius 2 is 2.08 bits per heavy atom. The molecule has 0 aliphatic carbocycles. The van der Waals surface area contributed by atoms with Crippen molar-refractivity contribution in [2.75, 3.05) is 7.11 Å². The van der Waals surface area contributed by atoms with Gasteiger partial charge in [0.05, 0.1) is 0 Å². The van der Waals surface area contributed by atoms with Crippen LogP contribution < -0.4 is 0 Å². The minimum absolute atomic E-state index is 0.293. The lowest BCUT2D eigenvalue weighted by Gasteiger charge is -1.93. The van der Waals surface area contributed by atoms with Crippen LogP contribution in [0.25, 0.3) is 0 Å². The molecule has 6 heteroatoms. The SMILES string of the molecule is COCc1ccc(CS(=O)(=O)Cl)o1. The summed E-state index contributed by atoms with van der Waals surface area (Å²) in [6.45, 7) is 0.322. The number of halogens is 1. The fraction of sp³-hybridized carbons (Fsp3) is 0.429. The normalized spacial score (nSPS) is 11.8. The third kappa shape index (κ3) is 3.80. The fourth-order valence-corrected chi connectivity index (χ4v) is 1.71. The molecule has 0 unspecified atom stereocenters. The van der Waals surface area contributed by atoms with Crippen LogP contribution >= 0.6 is 10.7 Å². The first kappa shape index (κ1) is 10.6. The molecule has 1 heterocycles. The van der Waals surface area contributed by atoms with Crippen LogP contribution in [0.15, 0.2) is 16.5 Å². The van der Waals surface area contributed by atoms with Crippen molar-refractivity contribution in [1.82, 2.24) is 0 Å². The summed E-state index contributed by atoms with van der Waals surface area (Å²) in [5, 5.41) is 0. The summed E-state index contributed by atoms with van der Waals surface area (Å²) in [6.07, 6.45) is 0. The maximum absolute atomic E-state index is 10.6. The van der Waals surface area contributed by atoms with Crippen LogP contribution in [0.1, 0.15) is 11.5 Å². The van der Waals surface area contributed by atoms with E-state index in [1.807, 2.05) is 0 Å². The lowest BCUT2D eigenvalue weighted by atomic mass is 10.4. The zero-order chi connectivity index (χ0) is 9.90. The summed E-state index contributed by atoms with van der Waals surface area (Å²) >= 11 is 0. The van der Waals surface area contributed by atoms with Crippen LogP contribution in [0, 0.1) is 0 Å². The second-order valence-electron chi connectivity index (χ2n) is 2.48. The summed E-state index contributed by atoms with van der Waals surface area (Å²) in [4.78, 5) is 0. The molecule has 0 aromatic carbocycles. The van der Waals surface area contributed by atoms with Gasteiger partial charge in [0.25, 0.3) is 0 Å². The van der Waals surface area contributed by atoms with Gasteiger partial charge in [0.1, 0.15) is 23.9 Å². The van der Waals surface area contributed by atoms with Crippen molar-refractivity contribution in [1.29, 1.82) is 0 Å². The highest BCUT2D eigenvalue weighted by Crippen LogP contribution is 2.13. The highest BCUT2D eigenvalue weighted by molar-refractivity contribution is 8.13. The van der Waals surface area contributed by atoms with E-state index in [1.54, 1.807) is 12.1 Å². The number of hydrogen-bond donors (Lipinski definition) is 0. The van der Waals surface area contributed by atoms with Crippen LogP contribution in [0.5, 0.6) is 0 Å². The van der Waals surface area contributed by atoms with Crippen molar-refractivity contribution in [2.24, 2.45) is 0 Å². The average Bonchev–Trinajstić information content (AvgIpc) is 2.33. The molecule has 13 heavy (non-hydrogen) atoms. The quantitative estimate of drug-likeness (QED) is 0.728. The first-order chi connectivity index (χ1) is 6.01. The van der Waals surface area contributed by atoms with Gasteiger partial charge < -0.3 is 9.15 Å². The van der Waals surface area contributed by atoms with E-state index in [1.165, 1.54) is 7.11 Å². The van der Waals surface area contributed by atoms with Crippen LogP contribution in [-0.2, 0) is 26.1 Å². The summed E-state index contributed by atoms with van der Waals surface area (Å²) in [7, 11) is 3.02. The molecule has 0 radical (unpaired) electrons. The van der Waals surface area contributed by atoms with Crippen molar-refractivity contribution in [3.8, 4) is 0 Å². The van der Waals surface area contributed by atoms with E-state index in [0.29, 0.717) is 18.1 Å². The van der Waals surface area contributed by atoms with Gasteiger partial charge in [0, 0.05) is 17.8 Å². The number of rotatable bonds is 4. The Morgan fingerprint density at radius 1 is 1.46 bits per heavy atom. The predicted octanol–water partition coefficient (Wildman–Crippen LogP) is 1.49. The van der Waals surface area contributed by atoms with Gasteiger partial charge in [0.15, 0.2) is 0 Å². The first-order valence-electron chi connectivity index (χ1n) is 3.50. The van der Waals surface area contributed by atoms with Gasteiger partial charge in [-0.25, -0.2) is 8.42 Å². The maximum atomic E-state index is 10.6. The minimum Gasteiger partial charge on any atom is -0.462 e. The lowest BCUT2D eigenvalue weighted by molar-refractivity contribution is 0.163. The van der Waals surface area contributed by atoms with Gasteiger partial charge in [-0.1, -0.05) is 0 Å². The zero-order valence-corrected chi connectivity index (χ0v) is 8.56. The molecule has 0 saturated carbocycles. The molecular formula is C7H9ClO4S. The topological polar surface area (TPSA) is 56.5 Å². The molecule has 0 aliphatic heterocycles. The van der Waals surface area contributed by atoms with E-state index in [2.05, 4.69) is 0 Å². The maximum Gasteiger partial charge on any atom is 0.239 e. The van der Waals surface area contributed by atoms with E-state index in [0.717, 1.165) is 0 Å². The van der Waals surface area contributed by atoms with E-state index in [-0.39, 0.29) is 5.75 Å². The average molecular weight is 225 g/mol. The van der Waals surface area contributed by atoms with Crippen LogP contribution in [0.2, 0.25) is 0 Å². The Balaban J connectivity index is 2.69. The second kappa shape index (κ2) is 4.13. The highest BCUT2D eigenvalue weighted by Gasteiger charge is 2.10. The molecule has 0 bridgehead atoms. The summed E-state index contributed by atoms with van der Waals surface area (Å²) in [5.41, 5.74) is 0. The molecule has 1 aromatic rings. The van der Waals surface area contributed by atoms with E-state index in [4.69, 9.17) is 19.8 Å².